The topological polar surface area (TPSA) is 72.5 Å². The van der Waals surface area contributed by atoms with Crippen molar-refractivity contribution >= 4 is 16.0 Å². The van der Waals surface area contributed by atoms with Crippen molar-refractivity contribution in [3.05, 3.63) is 0 Å². The summed E-state index contributed by atoms with van der Waals surface area (Å²) in [5, 5.41) is 0. The minimum absolute atomic E-state index is 0.0379. The van der Waals surface area contributed by atoms with E-state index < -0.39 is 21.5 Å². The Morgan fingerprint density at radius 1 is 1.22 bits per heavy atom. The summed E-state index contributed by atoms with van der Waals surface area (Å²) in [4.78, 5) is 11.6. The fourth-order valence-corrected chi connectivity index (χ4v) is 2.64. The third kappa shape index (κ3) is 7.66. The Morgan fingerprint density at radius 2 is 1.72 bits per heavy atom. The summed E-state index contributed by atoms with van der Waals surface area (Å²) < 4.78 is 30.8. The molecule has 0 saturated heterocycles. The first-order chi connectivity index (χ1) is 7.94. The molecule has 0 spiro atoms. The number of rotatable bonds is 6. The quantitative estimate of drug-likeness (QED) is 0.751. The smallest absolute Gasteiger partial charge is 0.311 e. The monoisotopic (exact) mass is 279 g/mol. The molecule has 108 valence electrons. The molecule has 0 aliphatic carbocycles. The Morgan fingerprint density at radius 3 is 2.11 bits per heavy atom. The predicted octanol–water partition coefficient (Wildman–Crippen LogP) is 1.68. The van der Waals surface area contributed by atoms with E-state index in [9.17, 15) is 13.2 Å². The van der Waals surface area contributed by atoms with Gasteiger partial charge in [-0.2, -0.15) is 0 Å². The molecule has 0 radical (unpaired) electrons. The Kier molecular flexibility index (Phi) is 6.29. The van der Waals surface area contributed by atoms with E-state index >= 15 is 0 Å². The van der Waals surface area contributed by atoms with Crippen LogP contribution in [0.2, 0.25) is 0 Å². The minimum Gasteiger partial charge on any atom is -0.462 e. The zero-order valence-electron chi connectivity index (χ0n) is 12.1. The van der Waals surface area contributed by atoms with Crippen LogP contribution in [0.3, 0.4) is 0 Å². The second-order valence-electron chi connectivity index (χ2n) is 5.85. The zero-order valence-corrected chi connectivity index (χ0v) is 12.9. The lowest BCUT2D eigenvalue weighted by Crippen LogP contribution is -2.34. The first-order valence-corrected chi connectivity index (χ1v) is 7.80. The van der Waals surface area contributed by atoms with E-state index in [0.717, 1.165) is 0 Å². The highest BCUT2D eigenvalue weighted by Crippen LogP contribution is 2.17. The molecule has 5 nitrogen and oxygen atoms in total. The van der Waals surface area contributed by atoms with Crippen LogP contribution in [0.1, 0.15) is 48.0 Å². The lowest BCUT2D eigenvalue weighted by molar-refractivity contribution is -0.157. The van der Waals surface area contributed by atoms with Crippen molar-refractivity contribution in [3.8, 4) is 0 Å². The molecule has 0 aromatic rings. The van der Waals surface area contributed by atoms with Gasteiger partial charge in [-0.05, 0) is 48.0 Å². The van der Waals surface area contributed by atoms with Crippen molar-refractivity contribution in [1.82, 2.24) is 4.72 Å². The molecule has 6 heteroatoms. The summed E-state index contributed by atoms with van der Waals surface area (Å²) in [6, 6.07) is -0.123. The van der Waals surface area contributed by atoms with Crippen LogP contribution in [0.5, 0.6) is 0 Å². The molecule has 1 unspecified atom stereocenters. The average Bonchev–Trinajstić information content (AvgIpc) is 2.11. The second kappa shape index (κ2) is 6.52. The van der Waals surface area contributed by atoms with Gasteiger partial charge in [0, 0.05) is 6.04 Å². The molecular weight excluding hydrogens is 254 g/mol. The van der Waals surface area contributed by atoms with Gasteiger partial charge >= 0.3 is 5.97 Å². The summed E-state index contributed by atoms with van der Waals surface area (Å²) in [5.74, 6) is -0.353. The molecular formula is C12H25NO4S. The number of carbonyl (C=O) groups excluding carboxylic acids is 1. The number of hydrogen-bond donors (Lipinski definition) is 1. The Balaban J connectivity index is 4.20. The van der Waals surface area contributed by atoms with Gasteiger partial charge in [-0.1, -0.05) is 0 Å². The van der Waals surface area contributed by atoms with Crippen molar-refractivity contribution in [2.75, 3.05) is 5.75 Å². The van der Waals surface area contributed by atoms with Gasteiger partial charge in [-0.25, -0.2) is 13.1 Å². The highest BCUT2D eigenvalue weighted by atomic mass is 32.2. The van der Waals surface area contributed by atoms with Crippen LogP contribution >= 0.6 is 0 Å². The fraction of sp³-hybridized carbons (Fsp3) is 0.917. The SMILES string of the molecule is CC(C)NS(=O)(=O)CCC(C)OC(=O)C(C)(C)C. The first kappa shape index (κ1) is 17.4. The molecule has 0 bridgehead atoms. The average molecular weight is 279 g/mol. The van der Waals surface area contributed by atoms with Crippen LogP contribution in [-0.2, 0) is 19.6 Å². The number of sulfonamides is 1. The van der Waals surface area contributed by atoms with Gasteiger partial charge < -0.3 is 4.74 Å². The second-order valence-corrected chi connectivity index (χ2v) is 7.72. The van der Waals surface area contributed by atoms with E-state index in [1.54, 1.807) is 41.5 Å². The molecule has 0 aliphatic heterocycles. The third-order valence-corrected chi connectivity index (χ3v) is 3.73. The highest BCUT2D eigenvalue weighted by molar-refractivity contribution is 7.89. The number of nitrogens with one attached hydrogen (secondary N) is 1. The molecule has 0 heterocycles. The van der Waals surface area contributed by atoms with Gasteiger partial charge in [0.15, 0.2) is 0 Å². The minimum atomic E-state index is -3.29. The Bertz CT molecular complexity index is 368. The molecule has 0 aromatic heterocycles. The third-order valence-electron chi connectivity index (χ3n) is 2.13. The molecule has 1 N–H and O–H groups in total. The zero-order chi connectivity index (χ0) is 14.6. The maximum atomic E-state index is 11.6. The van der Waals surface area contributed by atoms with Crippen molar-refractivity contribution < 1.29 is 17.9 Å². The molecule has 0 rings (SSSR count). The van der Waals surface area contributed by atoms with E-state index in [4.69, 9.17) is 4.74 Å². The normalized spacial score (nSPS) is 14.6. The van der Waals surface area contributed by atoms with Gasteiger partial charge in [-0.3, -0.25) is 4.79 Å². The molecule has 0 aliphatic rings. The fourth-order valence-electron chi connectivity index (χ4n) is 1.16. The molecule has 0 amide bonds. The number of carbonyl (C=O) groups is 1. The summed E-state index contributed by atoms with van der Waals surface area (Å²) in [5.41, 5.74) is -0.566. The van der Waals surface area contributed by atoms with E-state index in [1.807, 2.05) is 0 Å². The Labute approximate surface area is 110 Å². The number of ether oxygens (including phenoxy) is 1. The summed E-state index contributed by atoms with van der Waals surface area (Å²) in [6.45, 7) is 10.5. The van der Waals surface area contributed by atoms with E-state index in [-0.39, 0.29) is 17.8 Å². The van der Waals surface area contributed by atoms with E-state index in [2.05, 4.69) is 4.72 Å². The predicted molar refractivity (Wildman–Crippen MR) is 71.7 cm³/mol. The lowest BCUT2D eigenvalue weighted by atomic mass is 9.97. The Hall–Kier alpha value is -0.620. The molecule has 18 heavy (non-hydrogen) atoms. The summed E-state index contributed by atoms with van der Waals surface area (Å²) >= 11 is 0. The van der Waals surface area contributed by atoms with Gasteiger partial charge in [0.1, 0.15) is 6.10 Å². The largest absolute Gasteiger partial charge is 0.462 e. The first-order valence-electron chi connectivity index (χ1n) is 6.15. The van der Waals surface area contributed by atoms with Gasteiger partial charge in [0.05, 0.1) is 11.2 Å². The van der Waals surface area contributed by atoms with Crippen LogP contribution in [-0.4, -0.2) is 32.3 Å². The maximum absolute atomic E-state index is 11.6. The maximum Gasteiger partial charge on any atom is 0.311 e. The van der Waals surface area contributed by atoms with E-state index in [0.29, 0.717) is 6.42 Å². The van der Waals surface area contributed by atoms with Crippen molar-refractivity contribution in [1.29, 1.82) is 0 Å². The van der Waals surface area contributed by atoms with Crippen molar-refractivity contribution in [2.45, 2.75) is 60.1 Å². The number of hydrogen-bond acceptors (Lipinski definition) is 4. The van der Waals surface area contributed by atoms with Crippen molar-refractivity contribution in [3.63, 3.8) is 0 Å². The van der Waals surface area contributed by atoms with Gasteiger partial charge in [-0.15, -0.1) is 0 Å². The summed E-state index contributed by atoms with van der Waals surface area (Å²) in [7, 11) is -3.29. The number of esters is 1. The van der Waals surface area contributed by atoms with Crippen LogP contribution in [0, 0.1) is 5.41 Å². The van der Waals surface area contributed by atoms with Crippen LogP contribution < -0.4 is 4.72 Å². The summed E-state index contributed by atoms with van der Waals surface area (Å²) in [6.07, 6.45) is -0.107. The molecule has 0 saturated carbocycles. The lowest BCUT2D eigenvalue weighted by Gasteiger charge is -2.21. The highest BCUT2D eigenvalue weighted by Gasteiger charge is 2.25. The molecule has 1 atom stereocenters. The molecule has 0 aromatic carbocycles. The van der Waals surface area contributed by atoms with Crippen LogP contribution in [0.15, 0.2) is 0 Å². The standard InChI is InChI=1S/C12H25NO4S/c1-9(2)13-18(15,16)8-7-10(3)17-11(14)12(4,5)6/h9-10,13H,7-8H2,1-6H3. The van der Waals surface area contributed by atoms with Crippen molar-refractivity contribution in [2.24, 2.45) is 5.41 Å². The van der Waals surface area contributed by atoms with Crippen LogP contribution in [0.4, 0.5) is 0 Å². The van der Waals surface area contributed by atoms with Crippen LogP contribution in [0.25, 0.3) is 0 Å². The van der Waals surface area contributed by atoms with Gasteiger partial charge in [0.2, 0.25) is 10.0 Å². The van der Waals surface area contributed by atoms with E-state index in [1.165, 1.54) is 0 Å². The molecule has 0 fully saturated rings. The van der Waals surface area contributed by atoms with Gasteiger partial charge in [0.25, 0.3) is 0 Å².